The molecular formula is C15H14ClN5OS. The van der Waals surface area contributed by atoms with Gasteiger partial charge in [0, 0.05) is 17.1 Å². The molecule has 23 heavy (non-hydrogen) atoms. The number of hydrogen-bond acceptors (Lipinski definition) is 6. The summed E-state index contributed by atoms with van der Waals surface area (Å²) in [5.74, 6) is 2.49. The summed E-state index contributed by atoms with van der Waals surface area (Å²) in [6, 6.07) is 7.50. The standard InChI is InChI=1S/C15H14ClN5OS/c1-3-8-21-14(11-4-6-12(16)7-5-11)18-19-15(21)23-9-13-17-10(2)20-22-13/h3-7H,1,8-9H2,2H3. The van der Waals surface area contributed by atoms with Crippen molar-refractivity contribution in [2.24, 2.45) is 0 Å². The van der Waals surface area contributed by atoms with E-state index in [1.54, 1.807) is 6.92 Å². The molecule has 1 aromatic carbocycles. The molecule has 118 valence electrons. The Kier molecular flexibility index (Phi) is 4.78. The van der Waals surface area contributed by atoms with Crippen LogP contribution in [0, 0.1) is 6.92 Å². The van der Waals surface area contributed by atoms with Crippen molar-refractivity contribution in [3.63, 3.8) is 0 Å². The summed E-state index contributed by atoms with van der Waals surface area (Å²) in [6.45, 7) is 6.20. The fraction of sp³-hybridized carbons (Fsp3) is 0.200. The molecule has 3 aromatic rings. The van der Waals surface area contributed by atoms with E-state index >= 15 is 0 Å². The van der Waals surface area contributed by atoms with Crippen LogP contribution < -0.4 is 0 Å². The predicted octanol–water partition coefficient (Wildman–Crippen LogP) is 3.77. The maximum absolute atomic E-state index is 5.94. The van der Waals surface area contributed by atoms with E-state index in [-0.39, 0.29) is 0 Å². The molecule has 2 aromatic heterocycles. The first kappa shape index (κ1) is 15.8. The van der Waals surface area contributed by atoms with Gasteiger partial charge in [0.2, 0.25) is 5.89 Å². The third-order valence-electron chi connectivity index (χ3n) is 3.03. The molecule has 6 nitrogen and oxygen atoms in total. The lowest BCUT2D eigenvalue weighted by molar-refractivity contribution is 0.387. The Labute approximate surface area is 142 Å². The lowest BCUT2D eigenvalue weighted by Gasteiger charge is -2.07. The predicted molar refractivity (Wildman–Crippen MR) is 89.3 cm³/mol. The van der Waals surface area contributed by atoms with Gasteiger partial charge in [-0.05, 0) is 31.2 Å². The van der Waals surface area contributed by atoms with Crippen molar-refractivity contribution in [3.8, 4) is 11.4 Å². The number of allylic oxidation sites excluding steroid dienone is 1. The second-order valence-corrected chi connectivity index (χ2v) is 6.12. The van der Waals surface area contributed by atoms with Crippen LogP contribution in [0.1, 0.15) is 11.7 Å². The maximum atomic E-state index is 5.94. The number of nitrogens with zero attached hydrogens (tertiary/aromatic N) is 5. The van der Waals surface area contributed by atoms with Crippen molar-refractivity contribution >= 4 is 23.4 Å². The van der Waals surface area contributed by atoms with Crippen molar-refractivity contribution in [2.45, 2.75) is 24.4 Å². The zero-order chi connectivity index (χ0) is 16.2. The average molecular weight is 348 g/mol. The summed E-state index contributed by atoms with van der Waals surface area (Å²) in [4.78, 5) is 4.19. The van der Waals surface area contributed by atoms with E-state index in [4.69, 9.17) is 16.1 Å². The molecule has 0 aliphatic rings. The van der Waals surface area contributed by atoms with Gasteiger partial charge in [-0.15, -0.1) is 16.8 Å². The number of aromatic nitrogens is 5. The molecule has 0 amide bonds. The molecule has 3 rings (SSSR count). The molecule has 0 aliphatic heterocycles. The molecule has 0 radical (unpaired) electrons. The van der Waals surface area contributed by atoms with Crippen molar-refractivity contribution in [2.75, 3.05) is 0 Å². The molecule has 2 heterocycles. The molecule has 0 unspecified atom stereocenters. The molecule has 0 saturated carbocycles. The van der Waals surface area contributed by atoms with Crippen molar-refractivity contribution in [1.82, 2.24) is 24.9 Å². The van der Waals surface area contributed by atoms with Crippen LogP contribution in [0.15, 0.2) is 46.6 Å². The Morgan fingerprint density at radius 1 is 1.30 bits per heavy atom. The third-order valence-corrected chi connectivity index (χ3v) is 4.23. The van der Waals surface area contributed by atoms with Gasteiger partial charge >= 0.3 is 0 Å². The Morgan fingerprint density at radius 3 is 2.74 bits per heavy atom. The van der Waals surface area contributed by atoms with Crippen LogP contribution >= 0.6 is 23.4 Å². The van der Waals surface area contributed by atoms with E-state index in [2.05, 4.69) is 26.9 Å². The number of thioether (sulfide) groups is 1. The molecule has 0 fully saturated rings. The first-order valence-corrected chi connectivity index (χ1v) is 8.25. The second kappa shape index (κ2) is 6.97. The Morgan fingerprint density at radius 2 is 2.09 bits per heavy atom. The van der Waals surface area contributed by atoms with Crippen LogP contribution in [0.2, 0.25) is 5.02 Å². The highest BCUT2D eigenvalue weighted by Crippen LogP contribution is 2.26. The highest BCUT2D eigenvalue weighted by Gasteiger charge is 2.15. The smallest absolute Gasteiger partial charge is 0.237 e. The number of aryl methyl sites for hydroxylation is 1. The number of benzene rings is 1. The van der Waals surface area contributed by atoms with E-state index in [1.165, 1.54) is 11.8 Å². The van der Waals surface area contributed by atoms with Crippen molar-refractivity contribution < 1.29 is 4.52 Å². The van der Waals surface area contributed by atoms with E-state index < -0.39 is 0 Å². The van der Waals surface area contributed by atoms with Gasteiger partial charge in [-0.2, -0.15) is 4.98 Å². The molecule has 0 bridgehead atoms. The Bertz CT molecular complexity index is 812. The fourth-order valence-electron chi connectivity index (χ4n) is 2.03. The van der Waals surface area contributed by atoms with Gasteiger partial charge in [0.25, 0.3) is 0 Å². The first-order valence-electron chi connectivity index (χ1n) is 6.89. The van der Waals surface area contributed by atoms with Gasteiger partial charge in [-0.3, -0.25) is 4.57 Å². The quantitative estimate of drug-likeness (QED) is 0.499. The van der Waals surface area contributed by atoms with E-state index in [0.717, 1.165) is 16.5 Å². The number of halogens is 1. The van der Waals surface area contributed by atoms with Crippen molar-refractivity contribution in [3.05, 3.63) is 53.7 Å². The van der Waals surface area contributed by atoms with Gasteiger partial charge < -0.3 is 4.52 Å². The minimum atomic E-state index is 0.538. The van der Waals surface area contributed by atoms with Gasteiger partial charge in [-0.1, -0.05) is 34.6 Å². The Balaban J connectivity index is 1.85. The van der Waals surface area contributed by atoms with E-state index in [1.807, 2.05) is 34.9 Å². The van der Waals surface area contributed by atoms with E-state index in [0.29, 0.717) is 29.0 Å². The fourth-order valence-corrected chi connectivity index (χ4v) is 2.94. The van der Waals surface area contributed by atoms with Gasteiger partial charge in [0.1, 0.15) is 0 Å². The molecule has 8 heteroatoms. The first-order chi connectivity index (χ1) is 11.2. The molecule has 0 spiro atoms. The average Bonchev–Trinajstić information content (AvgIpc) is 3.13. The zero-order valence-corrected chi connectivity index (χ0v) is 14.0. The lowest BCUT2D eigenvalue weighted by Crippen LogP contribution is -2.00. The summed E-state index contributed by atoms with van der Waals surface area (Å²) in [6.07, 6.45) is 1.81. The largest absolute Gasteiger partial charge is 0.338 e. The minimum absolute atomic E-state index is 0.538. The summed E-state index contributed by atoms with van der Waals surface area (Å²) in [5, 5.41) is 13.8. The summed E-state index contributed by atoms with van der Waals surface area (Å²) in [7, 11) is 0. The summed E-state index contributed by atoms with van der Waals surface area (Å²) in [5.41, 5.74) is 0.948. The van der Waals surface area contributed by atoms with Crippen LogP contribution in [0.4, 0.5) is 0 Å². The van der Waals surface area contributed by atoms with Crippen LogP contribution in [0.3, 0.4) is 0 Å². The van der Waals surface area contributed by atoms with Crippen LogP contribution in [0.25, 0.3) is 11.4 Å². The summed E-state index contributed by atoms with van der Waals surface area (Å²) < 4.78 is 7.11. The zero-order valence-electron chi connectivity index (χ0n) is 12.4. The lowest BCUT2D eigenvalue weighted by atomic mass is 10.2. The summed E-state index contributed by atoms with van der Waals surface area (Å²) >= 11 is 7.43. The normalized spacial score (nSPS) is 10.9. The Hall–Kier alpha value is -2.12. The molecule has 0 saturated heterocycles. The molecule has 0 atom stereocenters. The minimum Gasteiger partial charge on any atom is -0.338 e. The van der Waals surface area contributed by atoms with Crippen LogP contribution in [-0.2, 0) is 12.3 Å². The van der Waals surface area contributed by atoms with Crippen LogP contribution in [0.5, 0.6) is 0 Å². The second-order valence-electron chi connectivity index (χ2n) is 4.74. The maximum Gasteiger partial charge on any atom is 0.237 e. The monoisotopic (exact) mass is 347 g/mol. The highest BCUT2D eigenvalue weighted by atomic mass is 35.5. The van der Waals surface area contributed by atoms with Crippen molar-refractivity contribution in [1.29, 1.82) is 0 Å². The van der Waals surface area contributed by atoms with Crippen LogP contribution in [-0.4, -0.2) is 24.9 Å². The number of hydrogen-bond donors (Lipinski definition) is 0. The van der Waals surface area contributed by atoms with Gasteiger partial charge in [0.05, 0.1) is 5.75 Å². The number of rotatable bonds is 6. The van der Waals surface area contributed by atoms with Gasteiger partial charge in [0.15, 0.2) is 16.8 Å². The molecule has 0 N–H and O–H groups in total. The molecular weight excluding hydrogens is 334 g/mol. The topological polar surface area (TPSA) is 69.6 Å². The van der Waals surface area contributed by atoms with E-state index in [9.17, 15) is 0 Å². The van der Waals surface area contributed by atoms with Gasteiger partial charge in [-0.25, -0.2) is 0 Å². The molecule has 0 aliphatic carbocycles. The SMILES string of the molecule is C=CCn1c(SCc2nc(C)no2)nnc1-c1ccc(Cl)cc1. The third kappa shape index (κ3) is 3.62. The highest BCUT2D eigenvalue weighted by molar-refractivity contribution is 7.98.